The van der Waals surface area contributed by atoms with E-state index in [-0.39, 0.29) is 12.2 Å². The van der Waals surface area contributed by atoms with Gasteiger partial charge < -0.3 is 20.1 Å². The fraction of sp³-hybridized carbons (Fsp3) is 0.571. The highest BCUT2D eigenvalue weighted by molar-refractivity contribution is 7.71. The molecule has 0 unspecified atom stereocenters. The average Bonchev–Trinajstić information content (AvgIpc) is 2.38. The molecule has 1 aliphatic rings. The second-order valence-corrected chi connectivity index (χ2v) is 5.97. The van der Waals surface area contributed by atoms with E-state index in [1.807, 2.05) is 13.8 Å². The quantitative estimate of drug-likeness (QED) is 0.832. The Balaban J connectivity index is 2.63. The van der Waals surface area contributed by atoms with Gasteiger partial charge >= 0.3 is 0 Å². The van der Waals surface area contributed by atoms with Gasteiger partial charge in [-0.05, 0) is 25.8 Å². The van der Waals surface area contributed by atoms with Crippen molar-refractivity contribution in [1.82, 2.24) is 4.57 Å². The van der Waals surface area contributed by atoms with Gasteiger partial charge in [-0.15, -0.1) is 0 Å². The van der Waals surface area contributed by atoms with Crippen molar-refractivity contribution in [2.75, 3.05) is 12.3 Å². The minimum absolute atomic E-state index is 0.0592. The molecule has 0 saturated heterocycles. The molecule has 2 heterocycles. The second-order valence-electron chi connectivity index (χ2n) is 5.59. The maximum atomic E-state index is 9.42. The fourth-order valence-corrected chi connectivity index (χ4v) is 2.88. The van der Waals surface area contributed by atoms with Crippen LogP contribution in [0.1, 0.15) is 37.0 Å². The first-order chi connectivity index (χ1) is 9.41. The number of fused-ring (bicyclic) bond motifs is 1. The lowest BCUT2D eigenvalue weighted by Gasteiger charge is -2.33. The van der Waals surface area contributed by atoms with E-state index in [1.54, 1.807) is 4.57 Å². The van der Waals surface area contributed by atoms with E-state index in [0.29, 0.717) is 42.0 Å². The molecule has 0 spiro atoms. The van der Waals surface area contributed by atoms with Crippen LogP contribution >= 0.6 is 12.2 Å². The normalized spacial score (nSPS) is 16.5. The molecule has 108 valence electrons. The third kappa shape index (κ3) is 2.57. The summed E-state index contributed by atoms with van der Waals surface area (Å²) in [5, 5.41) is 18.4. The molecule has 1 aromatic rings. The molecule has 2 rings (SSSR count). The predicted octanol–water partition coefficient (Wildman–Crippen LogP) is 1.91. The second kappa shape index (κ2) is 5.52. The first-order valence-electron chi connectivity index (χ1n) is 6.60. The molecule has 0 aromatic carbocycles. The van der Waals surface area contributed by atoms with Gasteiger partial charge in [0.05, 0.1) is 17.8 Å². The number of aliphatic hydroxyl groups is 1. The maximum Gasteiger partial charge on any atom is 0.122 e. The number of hydrogen-bond donors (Lipinski definition) is 2. The third-order valence-corrected chi connectivity index (χ3v) is 4.04. The van der Waals surface area contributed by atoms with E-state index < -0.39 is 0 Å². The lowest BCUT2D eigenvalue weighted by atomic mass is 9.89. The summed E-state index contributed by atoms with van der Waals surface area (Å²) in [5.41, 5.74) is 8.06. The van der Waals surface area contributed by atoms with Gasteiger partial charge in [-0.25, -0.2) is 0 Å². The van der Waals surface area contributed by atoms with Crippen LogP contribution in [0.5, 0.6) is 0 Å². The third-order valence-electron chi connectivity index (χ3n) is 3.58. The monoisotopic (exact) mass is 293 g/mol. The fourth-order valence-electron chi connectivity index (χ4n) is 2.51. The molecule has 1 aromatic heterocycles. The minimum Gasteiger partial charge on any atom is -0.396 e. The zero-order valence-corrected chi connectivity index (χ0v) is 12.6. The number of aromatic nitrogens is 1. The Labute approximate surface area is 123 Å². The topological polar surface area (TPSA) is 84.2 Å². The van der Waals surface area contributed by atoms with Gasteiger partial charge in [0.1, 0.15) is 16.5 Å². The molecule has 0 fully saturated rings. The average molecular weight is 293 g/mol. The van der Waals surface area contributed by atoms with Crippen LogP contribution in [0.3, 0.4) is 0 Å². The Kier molecular flexibility index (Phi) is 4.14. The van der Waals surface area contributed by atoms with Crippen molar-refractivity contribution < 1.29 is 9.84 Å². The van der Waals surface area contributed by atoms with Gasteiger partial charge in [0, 0.05) is 25.1 Å². The standard InChI is InChI=1S/C14H19N3O2S/c1-14(2)6-9-10(7-15)12(16)17(4-3-5-18)13(20)11(9)8-19-14/h18H,3-6,8,16H2,1-2H3. The van der Waals surface area contributed by atoms with Crippen molar-refractivity contribution in [3.63, 3.8) is 0 Å². The van der Waals surface area contributed by atoms with Crippen molar-refractivity contribution in [2.45, 2.75) is 45.4 Å². The number of nitrogens with zero attached hydrogens (tertiary/aromatic N) is 2. The van der Waals surface area contributed by atoms with Gasteiger partial charge in [-0.3, -0.25) is 0 Å². The van der Waals surface area contributed by atoms with E-state index in [2.05, 4.69) is 6.07 Å². The Bertz CT molecular complexity index is 629. The minimum atomic E-state index is -0.315. The molecule has 5 nitrogen and oxygen atoms in total. The van der Waals surface area contributed by atoms with E-state index >= 15 is 0 Å². The van der Waals surface area contributed by atoms with Crippen molar-refractivity contribution in [3.8, 4) is 6.07 Å². The molecular formula is C14H19N3O2S. The van der Waals surface area contributed by atoms with Crippen LogP contribution < -0.4 is 5.73 Å². The number of nitriles is 1. The SMILES string of the molecule is CC1(C)Cc2c(C#N)c(N)n(CCCO)c(=S)c2CO1. The highest BCUT2D eigenvalue weighted by atomic mass is 32.1. The van der Waals surface area contributed by atoms with E-state index in [9.17, 15) is 5.26 Å². The van der Waals surface area contributed by atoms with Crippen LogP contribution in [0.15, 0.2) is 0 Å². The molecule has 0 radical (unpaired) electrons. The van der Waals surface area contributed by atoms with E-state index in [4.69, 9.17) is 27.8 Å². The molecule has 0 atom stereocenters. The van der Waals surface area contributed by atoms with Crippen molar-refractivity contribution in [2.24, 2.45) is 0 Å². The number of nitrogens with two attached hydrogens (primary N) is 1. The molecular weight excluding hydrogens is 274 g/mol. The summed E-state index contributed by atoms with van der Waals surface area (Å²) in [6, 6.07) is 2.20. The van der Waals surface area contributed by atoms with Crippen LogP contribution in [0.4, 0.5) is 5.82 Å². The summed E-state index contributed by atoms with van der Waals surface area (Å²) in [6.45, 7) is 4.94. The zero-order chi connectivity index (χ0) is 14.9. The Morgan fingerprint density at radius 1 is 1.50 bits per heavy atom. The Hall–Kier alpha value is -1.42. The van der Waals surface area contributed by atoms with Crippen LogP contribution in [0.2, 0.25) is 0 Å². The zero-order valence-electron chi connectivity index (χ0n) is 11.8. The summed E-state index contributed by atoms with van der Waals surface area (Å²) < 4.78 is 8.13. The highest BCUT2D eigenvalue weighted by Crippen LogP contribution is 2.33. The summed E-state index contributed by atoms with van der Waals surface area (Å²) in [5.74, 6) is 0.391. The van der Waals surface area contributed by atoms with E-state index in [0.717, 1.165) is 11.1 Å². The van der Waals surface area contributed by atoms with E-state index in [1.165, 1.54) is 0 Å². The number of aliphatic hydroxyl groups excluding tert-OH is 1. The smallest absolute Gasteiger partial charge is 0.122 e. The molecule has 1 aliphatic heterocycles. The van der Waals surface area contributed by atoms with Crippen molar-refractivity contribution in [3.05, 3.63) is 21.3 Å². The number of hydrogen-bond acceptors (Lipinski definition) is 5. The Morgan fingerprint density at radius 3 is 2.80 bits per heavy atom. The highest BCUT2D eigenvalue weighted by Gasteiger charge is 2.30. The van der Waals surface area contributed by atoms with Gasteiger partial charge in [0.25, 0.3) is 0 Å². The summed E-state index contributed by atoms with van der Waals surface area (Å²) >= 11 is 5.47. The van der Waals surface area contributed by atoms with Crippen molar-refractivity contribution in [1.29, 1.82) is 5.26 Å². The number of pyridine rings is 1. The number of anilines is 1. The van der Waals surface area contributed by atoms with Crippen LogP contribution in [-0.4, -0.2) is 21.9 Å². The molecule has 0 aliphatic carbocycles. The molecule has 20 heavy (non-hydrogen) atoms. The van der Waals surface area contributed by atoms with Gasteiger partial charge in [0.2, 0.25) is 0 Å². The van der Waals surface area contributed by atoms with Gasteiger partial charge in [0.15, 0.2) is 0 Å². The predicted molar refractivity (Wildman–Crippen MR) is 78.7 cm³/mol. The number of nitrogen functional groups attached to an aromatic ring is 1. The molecule has 0 saturated carbocycles. The molecule has 3 N–H and O–H groups in total. The number of ether oxygens (including phenoxy) is 1. The van der Waals surface area contributed by atoms with Crippen LogP contribution in [-0.2, 0) is 24.3 Å². The maximum absolute atomic E-state index is 9.42. The van der Waals surface area contributed by atoms with Crippen molar-refractivity contribution >= 4 is 18.0 Å². The Morgan fingerprint density at radius 2 is 2.20 bits per heavy atom. The first kappa shape index (κ1) is 15.0. The summed E-state index contributed by atoms with van der Waals surface area (Å²) in [7, 11) is 0. The van der Waals surface area contributed by atoms with Gasteiger partial charge in [-0.1, -0.05) is 12.2 Å². The first-order valence-corrected chi connectivity index (χ1v) is 7.01. The lowest BCUT2D eigenvalue weighted by Crippen LogP contribution is -2.33. The molecule has 0 bridgehead atoms. The van der Waals surface area contributed by atoms with Crippen LogP contribution in [0, 0.1) is 16.0 Å². The summed E-state index contributed by atoms with van der Waals surface area (Å²) in [6.07, 6.45) is 1.18. The molecule has 0 amide bonds. The number of rotatable bonds is 3. The van der Waals surface area contributed by atoms with Gasteiger partial charge in [-0.2, -0.15) is 5.26 Å². The van der Waals surface area contributed by atoms with Crippen LogP contribution in [0.25, 0.3) is 0 Å². The summed E-state index contributed by atoms with van der Waals surface area (Å²) in [4.78, 5) is 0. The largest absolute Gasteiger partial charge is 0.396 e. The molecule has 6 heteroatoms. The lowest BCUT2D eigenvalue weighted by molar-refractivity contribution is -0.0406.